The van der Waals surface area contributed by atoms with Crippen molar-refractivity contribution in [3.8, 4) is 0 Å². The molecule has 5 nitrogen and oxygen atoms in total. The molecule has 1 aromatic carbocycles. The summed E-state index contributed by atoms with van der Waals surface area (Å²) in [6.07, 6.45) is 2.77. The van der Waals surface area contributed by atoms with E-state index in [0.717, 1.165) is 25.1 Å². The second-order valence-corrected chi connectivity index (χ2v) is 6.29. The molecule has 0 aliphatic carbocycles. The Kier molecular flexibility index (Phi) is 6.27. The van der Waals surface area contributed by atoms with Crippen molar-refractivity contribution in [1.82, 2.24) is 10.6 Å². The third-order valence-electron chi connectivity index (χ3n) is 4.33. The Labute approximate surface area is 147 Å². The van der Waals surface area contributed by atoms with E-state index in [1.165, 1.54) is 0 Å². The number of benzene rings is 1. The minimum absolute atomic E-state index is 0. The number of anilines is 1. The van der Waals surface area contributed by atoms with Crippen molar-refractivity contribution >= 4 is 41.5 Å². The van der Waals surface area contributed by atoms with Crippen LogP contribution in [0.25, 0.3) is 0 Å². The van der Waals surface area contributed by atoms with Crippen LogP contribution in [0, 0.1) is 5.92 Å². The summed E-state index contributed by atoms with van der Waals surface area (Å²) in [5.74, 6) is -0.886. The summed E-state index contributed by atoms with van der Waals surface area (Å²) < 4.78 is 0. The molecule has 2 saturated heterocycles. The van der Waals surface area contributed by atoms with Gasteiger partial charge in [-0.05, 0) is 44.0 Å². The van der Waals surface area contributed by atoms with Gasteiger partial charge >= 0.3 is 0 Å². The van der Waals surface area contributed by atoms with E-state index < -0.39 is 5.92 Å². The molecule has 2 fully saturated rings. The Morgan fingerprint density at radius 1 is 1.39 bits per heavy atom. The number of hydrogen-bond donors (Lipinski definition) is 2. The first kappa shape index (κ1) is 18.0. The van der Waals surface area contributed by atoms with Crippen molar-refractivity contribution in [2.75, 3.05) is 24.5 Å². The lowest BCUT2D eigenvalue weighted by molar-refractivity contribution is -0.132. The molecule has 7 heteroatoms. The smallest absolute Gasteiger partial charge is 0.239 e. The first-order valence-electron chi connectivity index (χ1n) is 7.73. The van der Waals surface area contributed by atoms with Crippen LogP contribution < -0.4 is 15.5 Å². The summed E-state index contributed by atoms with van der Waals surface area (Å²) in [6, 6.07) is 7.51. The number of amides is 2. The van der Waals surface area contributed by atoms with Gasteiger partial charge in [-0.1, -0.05) is 17.7 Å². The van der Waals surface area contributed by atoms with E-state index in [2.05, 4.69) is 10.6 Å². The van der Waals surface area contributed by atoms with Crippen LogP contribution in [0.15, 0.2) is 24.3 Å². The van der Waals surface area contributed by atoms with E-state index in [0.29, 0.717) is 30.6 Å². The minimum atomic E-state index is -0.583. The second kappa shape index (κ2) is 7.99. The minimum Gasteiger partial charge on any atom is -0.354 e. The average molecular weight is 358 g/mol. The van der Waals surface area contributed by atoms with E-state index in [-0.39, 0.29) is 24.2 Å². The highest BCUT2D eigenvalue weighted by Gasteiger charge is 2.37. The zero-order valence-electron chi connectivity index (χ0n) is 12.8. The molecule has 2 aliphatic heterocycles. The van der Waals surface area contributed by atoms with Gasteiger partial charge in [-0.3, -0.25) is 9.59 Å². The zero-order valence-corrected chi connectivity index (χ0v) is 14.3. The summed E-state index contributed by atoms with van der Waals surface area (Å²) in [4.78, 5) is 26.3. The number of carbonyl (C=O) groups is 2. The van der Waals surface area contributed by atoms with Crippen LogP contribution >= 0.6 is 24.0 Å². The molecule has 0 bridgehead atoms. The lowest BCUT2D eigenvalue weighted by Crippen LogP contribution is -2.42. The summed E-state index contributed by atoms with van der Waals surface area (Å²) >= 11 is 5.97. The number of nitrogens with zero attached hydrogens (tertiary/aromatic N) is 1. The van der Waals surface area contributed by atoms with Gasteiger partial charge in [0.05, 0.1) is 0 Å². The molecule has 0 saturated carbocycles. The maximum Gasteiger partial charge on any atom is 0.239 e. The fourth-order valence-electron chi connectivity index (χ4n) is 3.10. The molecule has 2 atom stereocenters. The molecule has 0 radical (unpaired) electrons. The van der Waals surface area contributed by atoms with Crippen LogP contribution in [0.5, 0.6) is 0 Å². The number of halogens is 2. The fraction of sp³-hybridized carbons (Fsp3) is 0.500. The van der Waals surface area contributed by atoms with Crippen LogP contribution in [-0.2, 0) is 9.59 Å². The van der Waals surface area contributed by atoms with Crippen molar-refractivity contribution < 1.29 is 9.59 Å². The van der Waals surface area contributed by atoms with Gasteiger partial charge in [0, 0.05) is 29.8 Å². The van der Waals surface area contributed by atoms with Crippen LogP contribution in [0.4, 0.5) is 5.69 Å². The standard InChI is InChI=1S/C16H20ClN3O2.ClH/c17-11-3-1-5-13(9-11)20-8-6-14(16(20)22)15(21)19-10-12-4-2-7-18-12;/h1,3,5,9,12,14,18H,2,4,6-8,10H2,(H,19,21);1H. The normalized spacial score (nSPS) is 23.7. The third-order valence-corrected chi connectivity index (χ3v) is 4.56. The Bertz CT molecular complexity index is 576. The number of nitrogens with one attached hydrogen (secondary N) is 2. The van der Waals surface area contributed by atoms with Crippen LogP contribution in [0.2, 0.25) is 5.02 Å². The predicted octanol–water partition coefficient (Wildman–Crippen LogP) is 1.98. The van der Waals surface area contributed by atoms with Gasteiger partial charge in [0.15, 0.2) is 0 Å². The fourth-order valence-corrected chi connectivity index (χ4v) is 3.29. The number of carbonyl (C=O) groups excluding carboxylic acids is 2. The van der Waals surface area contributed by atoms with Crippen LogP contribution in [-0.4, -0.2) is 37.5 Å². The lowest BCUT2D eigenvalue weighted by atomic mass is 10.1. The lowest BCUT2D eigenvalue weighted by Gasteiger charge is -2.17. The molecular weight excluding hydrogens is 337 g/mol. The molecule has 23 heavy (non-hydrogen) atoms. The first-order valence-corrected chi connectivity index (χ1v) is 8.11. The van der Waals surface area contributed by atoms with Crippen molar-refractivity contribution in [3.63, 3.8) is 0 Å². The highest BCUT2D eigenvalue weighted by Crippen LogP contribution is 2.27. The maximum absolute atomic E-state index is 12.5. The molecule has 2 aliphatic rings. The summed E-state index contributed by atoms with van der Waals surface area (Å²) in [5, 5.41) is 6.82. The van der Waals surface area contributed by atoms with Gasteiger partial charge in [0.1, 0.15) is 5.92 Å². The van der Waals surface area contributed by atoms with E-state index in [1.807, 2.05) is 12.1 Å². The van der Waals surface area contributed by atoms with Crippen molar-refractivity contribution in [2.24, 2.45) is 5.92 Å². The Hall–Kier alpha value is -1.30. The van der Waals surface area contributed by atoms with Crippen molar-refractivity contribution in [2.45, 2.75) is 25.3 Å². The monoisotopic (exact) mass is 357 g/mol. The van der Waals surface area contributed by atoms with E-state index in [4.69, 9.17) is 11.6 Å². The molecule has 0 spiro atoms. The highest BCUT2D eigenvalue weighted by molar-refractivity contribution is 6.31. The van der Waals surface area contributed by atoms with Crippen LogP contribution in [0.1, 0.15) is 19.3 Å². The zero-order chi connectivity index (χ0) is 15.5. The van der Waals surface area contributed by atoms with E-state index in [1.54, 1.807) is 17.0 Å². The molecule has 2 heterocycles. The molecule has 1 aromatic rings. The molecular formula is C16H21Cl2N3O2. The Morgan fingerprint density at radius 2 is 2.22 bits per heavy atom. The van der Waals surface area contributed by atoms with Crippen LogP contribution in [0.3, 0.4) is 0 Å². The number of hydrogen-bond acceptors (Lipinski definition) is 3. The predicted molar refractivity (Wildman–Crippen MR) is 93.2 cm³/mol. The SMILES string of the molecule is Cl.O=C(NCC1CCCN1)C1CCN(c2cccc(Cl)c2)C1=O. The van der Waals surface area contributed by atoms with Gasteiger partial charge in [-0.25, -0.2) is 0 Å². The third kappa shape index (κ3) is 4.16. The van der Waals surface area contributed by atoms with Gasteiger partial charge < -0.3 is 15.5 Å². The second-order valence-electron chi connectivity index (χ2n) is 5.85. The van der Waals surface area contributed by atoms with Gasteiger partial charge in [-0.2, -0.15) is 0 Å². The van der Waals surface area contributed by atoms with Gasteiger partial charge in [0.25, 0.3) is 0 Å². The molecule has 126 valence electrons. The first-order chi connectivity index (χ1) is 10.6. The van der Waals surface area contributed by atoms with Crippen molar-refractivity contribution in [3.05, 3.63) is 29.3 Å². The molecule has 0 aromatic heterocycles. The number of rotatable bonds is 4. The topological polar surface area (TPSA) is 61.4 Å². The summed E-state index contributed by atoms with van der Waals surface area (Å²) in [5.41, 5.74) is 0.755. The Balaban J connectivity index is 0.00000192. The van der Waals surface area contributed by atoms with Crippen molar-refractivity contribution in [1.29, 1.82) is 0 Å². The van der Waals surface area contributed by atoms with Gasteiger partial charge in [0.2, 0.25) is 11.8 Å². The molecule has 3 rings (SSSR count). The quantitative estimate of drug-likeness (QED) is 0.810. The molecule has 2 N–H and O–H groups in total. The maximum atomic E-state index is 12.5. The molecule has 2 amide bonds. The molecule has 2 unspecified atom stereocenters. The van der Waals surface area contributed by atoms with E-state index >= 15 is 0 Å². The summed E-state index contributed by atoms with van der Waals surface area (Å²) in [7, 11) is 0. The summed E-state index contributed by atoms with van der Waals surface area (Å²) in [6.45, 7) is 2.16. The average Bonchev–Trinajstić information content (AvgIpc) is 3.14. The van der Waals surface area contributed by atoms with E-state index in [9.17, 15) is 9.59 Å². The largest absolute Gasteiger partial charge is 0.354 e. The van der Waals surface area contributed by atoms with Gasteiger partial charge in [-0.15, -0.1) is 12.4 Å². The highest BCUT2D eigenvalue weighted by atomic mass is 35.5. The Morgan fingerprint density at radius 3 is 2.91 bits per heavy atom.